The summed E-state index contributed by atoms with van der Waals surface area (Å²) < 4.78 is 13.0. The van der Waals surface area contributed by atoms with Crippen LogP contribution in [-0.4, -0.2) is 20.0 Å². The van der Waals surface area contributed by atoms with Crippen molar-refractivity contribution < 1.29 is 8.83 Å². The maximum atomic E-state index is 9.91. The molecule has 0 amide bonds. The summed E-state index contributed by atoms with van der Waals surface area (Å²) in [5, 5.41) is 25.7. The molecule has 0 atom stereocenters. The van der Waals surface area contributed by atoms with Gasteiger partial charge in [0.15, 0.2) is 11.5 Å². The van der Waals surface area contributed by atoms with Gasteiger partial charge in [-0.15, -0.1) is 5.10 Å². The minimum atomic E-state index is 0.132. The molecule has 8 heteroatoms. The van der Waals surface area contributed by atoms with Gasteiger partial charge in [-0.1, -0.05) is 41.5 Å². The smallest absolute Gasteiger partial charge is 0.320 e. The molecule has 5 rings (SSSR count). The number of nitrogens with zero attached hydrogens (tertiary/aromatic N) is 5. The number of hydrogen-bond donors (Lipinski definition) is 1. The first-order chi connectivity index (χ1) is 14.8. The number of aromatic nitrogens is 4. The van der Waals surface area contributed by atoms with Gasteiger partial charge >= 0.3 is 6.01 Å². The fourth-order valence-electron chi connectivity index (χ4n) is 3.08. The van der Waals surface area contributed by atoms with Crippen molar-refractivity contribution in [3.8, 4) is 34.8 Å². The number of rotatable bonds is 5. The summed E-state index contributed by atoms with van der Waals surface area (Å²) in [5.41, 5.74) is 2.65. The van der Waals surface area contributed by atoms with Crippen LogP contribution in [0.1, 0.15) is 5.56 Å². The molecule has 2 aromatic carbocycles. The zero-order valence-corrected chi connectivity index (χ0v) is 15.6. The summed E-state index contributed by atoms with van der Waals surface area (Å²) in [6.07, 6.45) is 1.55. The molecule has 0 spiro atoms. The van der Waals surface area contributed by atoms with Crippen molar-refractivity contribution in [3.05, 3.63) is 84.6 Å². The second-order valence-corrected chi connectivity index (χ2v) is 6.31. The molecule has 3 heterocycles. The van der Waals surface area contributed by atoms with Gasteiger partial charge in [0.1, 0.15) is 17.3 Å². The molecule has 0 saturated carbocycles. The largest absolute Gasteiger partial charge is 0.463 e. The number of anilines is 2. The van der Waals surface area contributed by atoms with E-state index in [0.29, 0.717) is 11.5 Å². The van der Waals surface area contributed by atoms with Gasteiger partial charge in [-0.05, 0) is 36.4 Å². The predicted octanol–water partition coefficient (Wildman–Crippen LogP) is 4.80. The van der Waals surface area contributed by atoms with E-state index < -0.39 is 0 Å². The Hall–Kier alpha value is -4.64. The number of hydrogen-bond acceptors (Lipinski definition) is 7. The van der Waals surface area contributed by atoms with Gasteiger partial charge in [0.2, 0.25) is 0 Å². The van der Waals surface area contributed by atoms with Crippen LogP contribution in [0.5, 0.6) is 0 Å². The molecule has 0 saturated heterocycles. The highest BCUT2D eigenvalue weighted by Crippen LogP contribution is 2.34. The number of nitrogens with one attached hydrogen (secondary N) is 1. The van der Waals surface area contributed by atoms with Crippen LogP contribution in [0.4, 0.5) is 11.7 Å². The first-order valence-corrected chi connectivity index (χ1v) is 9.12. The number of para-hydroxylation sites is 2. The molecule has 0 unspecified atom stereocenters. The monoisotopic (exact) mass is 394 g/mol. The minimum Gasteiger partial charge on any atom is -0.463 e. The normalized spacial score (nSPS) is 10.6. The van der Waals surface area contributed by atoms with Crippen LogP contribution in [0.15, 0.2) is 87.9 Å². The van der Waals surface area contributed by atoms with Gasteiger partial charge in [-0.3, -0.25) is 0 Å². The molecule has 3 aromatic heterocycles. The van der Waals surface area contributed by atoms with E-state index in [9.17, 15) is 5.26 Å². The van der Waals surface area contributed by atoms with Gasteiger partial charge < -0.3 is 14.2 Å². The standard InChI is InChI=1S/C22H14N6O2/c23-14-17-19(21-25-26-22(30-21)24-15-8-3-1-4-9-15)27-28(16-10-5-2-6-11-16)20(17)18-12-7-13-29-18/h1-13H,(H,24,26). The molecule has 30 heavy (non-hydrogen) atoms. The van der Waals surface area contributed by atoms with Gasteiger partial charge in [0.25, 0.3) is 5.89 Å². The third-order valence-corrected chi connectivity index (χ3v) is 4.41. The number of benzene rings is 2. The van der Waals surface area contributed by atoms with E-state index in [0.717, 1.165) is 11.4 Å². The zero-order valence-electron chi connectivity index (χ0n) is 15.6. The Morgan fingerprint density at radius 1 is 0.900 bits per heavy atom. The van der Waals surface area contributed by atoms with Crippen LogP contribution in [0.25, 0.3) is 28.7 Å². The Labute approximate surface area is 171 Å². The molecule has 0 aliphatic heterocycles. The average molecular weight is 394 g/mol. The Kier molecular flexibility index (Phi) is 4.31. The summed E-state index contributed by atoms with van der Waals surface area (Å²) in [6.45, 7) is 0. The van der Waals surface area contributed by atoms with Crippen molar-refractivity contribution in [1.82, 2.24) is 20.0 Å². The highest BCUT2D eigenvalue weighted by molar-refractivity contribution is 5.74. The maximum absolute atomic E-state index is 9.91. The summed E-state index contributed by atoms with van der Waals surface area (Å²) in [6, 6.07) is 24.9. The Balaban J connectivity index is 1.62. The van der Waals surface area contributed by atoms with E-state index in [1.807, 2.05) is 60.7 Å². The third kappa shape index (κ3) is 3.10. The lowest BCUT2D eigenvalue weighted by Gasteiger charge is -2.05. The quantitative estimate of drug-likeness (QED) is 0.456. The zero-order chi connectivity index (χ0) is 20.3. The summed E-state index contributed by atoms with van der Waals surface area (Å²) in [7, 11) is 0. The van der Waals surface area contributed by atoms with Crippen LogP contribution in [-0.2, 0) is 0 Å². The van der Waals surface area contributed by atoms with Crippen LogP contribution in [0, 0.1) is 11.3 Å². The lowest BCUT2D eigenvalue weighted by atomic mass is 10.1. The third-order valence-electron chi connectivity index (χ3n) is 4.41. The molecule has 5 aromatic rings. The molecule has 0 bridgehead atoms. The topological polar surface area (TPSA) is 106 Å². The number of furan rings is 1. The van der Waals surface area contributed by atoms with E-state index in [-0.39, 0.29) is 23.2 Å². The first-order valence-electron chi connectivity index (χ1n) is 9.12. The molecule has 144 valence electrons. The van der Waals surface area contributed by atoms with Crippen molar-refractivity contribution in [3.63, 3.8) is 0 Å². The highest BCUT2D eigenvalue weighted by Gasteiger charge is 2.26. The summed E-state index contributed by atoms with van der Waals surface area (Å²) in [4.78, 5) is 0. The van der Waals surface area contributed by atoms with Crippen molar-refractivity contribution in [2.24, 2.45) is 0 Å². The van der Waals surface area contributed by atoms with Crippen molar-refractivity contribution in [2.45, 2.75) is 0 Å². The van der Waals surface area contributed by atoms with Crippen molar-refractivity contribution in [1.29, 1.82) is 5.26 Å². The predicted molar refractivity (Wildman–Crippen MR) is 109 cm³/mol. The Bertz CT molecular complexity index is 1320. The van der Waals surface area contributed by atoms with Crippen LogP contribution in [0.3, 0.4) is 0 Å². The first kappa shape index (κ1) is 17.5. The highest BCUT2D eigenvalue weighted by atomic mass is 16.4. The fraction of sp³-hybridized carbons (Fsp3) is 0. The van der Waals surface area contributed by atoms with E-state index in [1.54, 1.807) is 23.1 Å². The summed E-state index contributed by atoms with van der Waals surface area (Å²) in [5.74, 6) is 0.642. The second kappa shape index (κ2) is 7.41. The van der Waals surface area contributed by atoms with Crippen LogP contribution >= 0.6 is 0 Å². The Morgan fingerprint density at radius 3 is 2.37 bits per heavy atom. The van der Waals surface area contributed by atoms with E-state index >= 15 is 0 Å². The minimum absolute atomic E-state index is 0.132. The molecular formula is C22H14N6O2. The second-order valence-electron chi connectivity index (χ2n) is 6.31. The van der Waals surface area contributed by atoms with E-state index in [2.05, 4.69) is 26.7 Å². The van der Waals surface area contributed by atoms with Gasteiger partial charge in [-0.2, -0.15) is 10.4 Å². The Morgan fingerprint density at radius 2 is 1.67 bits per heavy atom. The lowest BCUT2D eigenvalue weighted by Crippen LogP contribution is -1.98. The molecule has 0 aliphatic rings. The SMILES string of the molecule is N#Cc1c(-c2nnc(Nc3ccccc3)o2)nn(-c2ccccc2)c1-c1ccco1. The van der Waals surface area contributed by atoms with Crippen molar-refractivity contribution >= 4 is 11.7 Å². The molecule has 1 N–H and O–H groups in total. The fourth-order valence-corrected chi connectivity index (χ4v) is 3.08. The van der Waals surface area contributed by atoms with E-state index in [4.69, 9.17) is 8.83 Å². The maximum Gasteiger partial charge on any atom is 0.320 e. The molecule has 0 radical (unpaired) electrons. The molecule has 0 aliphatic carbocycles. The molecular weight excluding hydrogens is 380 g/mol. The van der Waals surface area contributed by atoms with Gasteiger partial charge in [0.05, 0.1) is 12.0 Å². The molecule has 0 fully saturated rings. The van der Waals surface area contributed by atoms with Crippen molar-refractivity contribution in [2.75, 3.05) is 5.32 Å². The average Bonchev–Trinajstić information content (AvgIpc) is 3.54. The lowest BCUT2D eigenvalue weighted by molar-refractivity contribution is 0.576. The number of nitriles is 1. The van der Waals surface area contributed by atoms with Gasteiger partial charge in [0, 0.05) is 5.69 Å². The van der Waals surface area contributed by atoms with Crippen LogP contribution in [0.2, 0.25) is 0 Å². The van der Waals surface area contributed by atoms with Gasteiger partial charge in [-0.25, -0.2) is 4.68 Å². The summed E-state index contributed by atoms with van der Waals surface area (Å²) >= 11 is 0. The van der Waals surface area contributed by atoms with Crippen LogP contribution < -0.4 is 5.32 Å². The van der Waals surface area contributed by atoms with E-state index in [1.165, 1.54) is 0 Å². The molecule has 8 nitrogen and oxygen atoms in total.